The highest BCUT2D eigenvalue weighted by atomic mass is 16.7. The van der Waals surface area contributed by atoms with Gasteiger partial charge in [0.25, 0.3) is 0 Å². The Balaban J connectivity index is 2.37. The minimum Gasteiger partial charge on any atom is -0.507 e. The van der Waals surface area contributed by atoms with E-state index in [9.17, 15) is 9.90 Å². The maximum Gasteiger partial charge on any atom is 0.341 e. The maximum atomic E-state index is 10.6. The Hall–Kier alpha value is -2.23. The number of rotatable bonds is 4. The molecule has 2 N–H and O–H groups in total. The Kier molecular flexibility index (Phi) is 3.90. The van der Waals surface area contributed by atoms with Crippen molar-refractivity contribution in [1.82, 2.24) is 0 Å². The van der Waals surface area contributed by atoms with Gasteiger partial charge in [-0.1, -0.05) is 5.92 Å². The average Bonchev–Trinajstić information content (AvgIpc) is 2.89. The molecule has 6 nitrogen and oxygen atoms in total. The summed E-state index contributed by atoms with van der Waals surface area (Å²) >= 11 is 0. The number of carbonyl (C=O) groups is 1. The molecular formula is C13H12O6. The molecule has 0 unspecified atom stereocenters. The Labute approximate surface area is 109 Å². The third-order valence-electron chi connectivity index (χ3n) is 2.50. The van der Waals surface area contributed by atoms with E-state index < -0.39 is 18.9 Å². The van der Waals surface area contributed by atoms with Crippen molar-refractivity contribution in [1.29, 1.82) is 0 Å². The van der Waals surface area contributed by atoms with E-state index in [0.29, 0.717) is 18.8 Å². The number of phenolic OH excluding ortho intramolecular Hbond substituents is 1. The first-order valence-electron chi connectivity index (χ1n) is 5.53. The van der Waals surface area contributed by atoms with Gasteiger partial charge < -0.3 is 24.4 Å². The molecule has 0 amide bonds. The lowest BCUT2D eigenvalue weighted by Gasteiger charge is -2.16. The Morgan fingerprint density at radius 2 is 2.16 bits per heavy atom. The van der Waals surface area contributed by atoms with Crippen molar-refractivity contribution in [3.05, 3.63) is 23.3 Å². The number of carboxylic acid groups (broad SMARTS) is 1. The van der Waals surface area contributed by atoms with Gasteiger partial charge >= 0.3 is 5.97 Å². The molecule has 100 valence electrons. The van der Waals surface area contributed by atoms with Crippen LogP contribution in [0.5, 0.6) is 11.5 Å². The highest BCUT2D eigenvalue weighted by molar-refractivity contribution is 5.68. The van der Waals surface area contributed by atoms with E-state index in [2.05, 4.69) is 5.92 Å². The number of aliphatic carboxylic acids is 1. The van der Waals surface area contributed by atoms with E-state index in [1.807, 2.05) is 0 Å². The largest absolute Gasteiger partial charge is 0.507 e. The van der Waals surface area contributed by atoms with Crippen LogP contribution in [0, 0.1) is 12.3 Å². The fourth-order valence-electron chi connectivity index (χ4n) is 1.72. The lowest BCUT2D eigenvalue weighted by molar-refractivity contribution is -0.139. The number of terminal acetylenes is 1. The molecule has 1 fully saturated rings. The number of carboxylic acids is 1. The number of hydrogen-bond donors (Lipinski definition) is 2. The lowest BCUT2D eigenvalue weighted by atomic mass is 10.1. The summed E-state index contributed by atoms with van der Waals surface area (Å²) in [5, 5.41) is 18.6. The van der Waals surface area contributed by atoms with Crippen molar-refractivity contribution in [2.75, 3.05) is 19.8 Å². The second-order valence-electron chi connectivity index (χ2n) is 3.81. The summed E-state index contributed by atoms with van der Waals surface area (Å²) in [6, 6.07) is 2.83. The van der Waals surface area contributed by atoms with Crippen molar-refractivity contribution >= 4 is 5.97 Å². The van der Waals surface area contributed by atoms with Gasteiger partial charge in [-0.15, -0.1) is 6.42 Å². The van der Waals surface area contributed by atoms with Gasteiger partial charge in [-0.25, -0.2) is 4.79 Å². The quantitative estimate of drug-likeness (QED) is 0.785. The Bertz CT molecular complexity index is 525. The highest BCUT2D eigenvalue weighted by Crippen LogP contribution is 2.38. The third-order valence-corrected chi connectivity index (χ3v) is 2.50. The van der Waals surface area contributed by atoms with Gasteiger partial charge in [0.15, 0.2) is 12.9 Å². The van der Waals surface area contributed by atoms with Crippen LogP contribution in [0.4, 0.5) is 0 Å². The molecule has 1 aromatic carbocycles. The minimum absolute atomic E-state index is 0.141. The first-order chi connectivity index (χ1) is 9.11. The molecule has 0 spiro atoms. The van der Waals surface area contributed by atoms with E-state index in [4.69, 9.17) is 25.7 Å². The zero-order valence-electron chi connectivity index (χ0n) is 9.96. The number of hydrogen-bond acceptors (Lipinski definition) is 5. The van der Waals surface area contributed by atoms with E-state index in [1.54, 1.807) is 0 Å². The number of phenols is 1. The van der Waals surface area contributed by atoms with Crippen LogP contribution in [0.2, 0.25) is 0 Å². The van der Waals surface area contributed by atoms with Crippen LogP contribution >= 0.6 is 0 Å². The fourth-order valence-corrected chi connectivity index (χ4v) is 1.72. The molecular weight excluding hydrogens is 252 g/mol. The van der Waals surface area contributed by atoms with Gasteiger partial charge in [0.05, 0.1) is 18.8 Å². The van der Waals surface area contributed by atoms with Crippen molar-refractivity contribution < 1.29 is 29.2 Å². The van der Waals surface area contributed by atoms with Gasteiger partial charge in [0, 0.05) is 5.56 Å². The zero-order valence-corrected chi connectivity index (χ0v) is 9.96. The van der Waals surface area contributed by atoms with Gasteiger partial charge in [-0.05, 0) is 12.1 Å². The predicted molar refractivity (Wildman–Crippen MR) is 63.8 cm³/mol. The second-order valence-corrected chi connectivity index (χ2v) is 3.81. The maximum absolute atomic E-state index is 10.6. The molecule has 0 radical (unpaired) electrons. The van der Waals surface area contributed by atoms with Crippen molar-refractivity contribution in [3.63, 3.8) is 0 Å². The number of benzene rings is 1. The molecule has 6 heteroatoms. The van der Waals surface area contributed by atoms with E-state index in [0.717, 1.165) is 0 Å². The molecule has 1 heterocycles. The normalized spacial score (nSPS) is 15.1. The van der Waals surface area contributed by atoms with Crippen LogP contribution < -0.4 is 4.74 Å². The molecule has 0 aromatic heterocycles. The molecule has 1 aromatic rings. The topological polar surface area (TPSA) is 85.2 Å². The average molecular weight is 264 g/mol. The first kappa shape index (κ1) is 13.2. The Morgan fingerprint density at radius 1 is 1.47 bits per heavy atom. The standard InChI is InChI=1S/C13H12O6/c1-2-8-5-9(14)12(13-17-3-4-18-13)10(6-8)19-7-11(15)16/h1,5-6,13-14H,3-4,7H2,(H,15,16). The summed E-state index contributed by atoms with van der Waals surface area (Å²) in [4.78, 5) is 10.6. The van der Waals surface area contributed by atoms with Crippen LogP contribution in [-0.2, 0) is 14.3 Å². The van der Waals surface area contributed by atoms with Gasteiger partial charge in [0.2, 0.25) is 0 Å². The van der Waals surface area contributed by atoms with Crippen LogP contribution in [0.15, 0.2) is 12.1 Å². The summed E-state index contributed by atoms with van der Waals surface area (Å²) in [7, 11) is 0. The van der Waals surface area contributed by atoms with E-state index >= 15 is 0 Å². The first-order valence-corrected chi connectivity index (χ1v) is 5.53. The van der Waals surface area contributed by atoms with E-state index in [1.165, 1.54) is 12.1 Å². The number of ether oxygens (including phenoxy) is 3. The summed E-state index contributed by atoms with van der Waals surface area (Å²) in [6.45, 7) is 0.228. The molecule has 0 bridgehead atoms. The Morgan fingerprint density at radius 3 is 2.74 bits per heavy atom. The molecule has 0 aliphatic carbocycles. The third kappa shape index (κ3) is 2.96. The van der Waals surface area contributed by atoms with Crippen molar-refractivity contribution in [3.8, 4) is 23.8 Å². The number of aromatic hydroxyl groups is 1. The van der Waals surface area contributed by atoms with Crippen LogP contribution in [-0.4, -0.2) is 36.0 Å². The summed E-state index contributed by atoms with van der Waals surface area (Å²) in [5.74, 6) is 1.20. The van der Waals surface area contributed by atoms with Crippen LogP contribution in [0.3, 0.4) is 0 Å². The molecule has 1 aliphatic heterocycles. The minimum atomic E-state index is -1.13. The van der Waals surface area contributed by atoms with Crippen molar-refractivity contribution in [2.45, 2.75) is 6.29 Å². The smallest absolute Gasteiger partial charge is 0.341 e. The summed E-state index contributed by atoms with van der Waals surface area (Å²) in [5.41, 5.74) is 0.623. The van der Waals surface area contributed by atoms with Gasteiger partial charge in [0.1, 0.15) is 11.5 Å². The molecule has 0 atom stereocenters. The molecule has 1 saturated heterocycles. The summed E-state index contributed by atoms with van der Waals surface area (Å²) < 4.78 is 15.7. The molecule has 1 aliphatic rings. The highest BCUT2D eigenvalue weighted by Gasteiger charge is 2.26. The zero-order chi connectivity index (χ0) is 13.8. The van der Waals surface area contributed by atoms with Gasteiger partial charge in [-0.3, -0.25) is 0 Å². The van der Waals surface area contributed by atoms with E-state index in [-0.39, 0.29) is 17.1 Å². The fraction of sp³-hybridized carbons (Fsp3) is 0.308. The molecule has 19 heavy (non-hydrogen) atoms. The predicted octanol–water partition coefficient (Wildman–Crippen LogP) is 0.882. The van der Waals surface area contributed by atoms with Gasteiger partial charge in [-0.2, -0.15) is 0 Å². The van der Waals surface area contributed by atoms with Crippen molar-refractivity contribution in [2.24, 2.45) is 0 Å². The lowest BCUT2D eigenvalue weighted by Crippen LogP contribution is -2.12. The van der Waals surface area contributed by atoms with Crippen LogP contribution in [0.1, 0.15) is 17.4 Å². The summed E-state index contributed by atoms with van der Waals surface area (Å²) in [6.07, 6.45) is 4.47. The molecule has 0 saturated carbocycles. The second kappa shape index (κ2) is 5.61. The SMILES string of the molecule is C#Cc1cc(O)c(C2OCCO2)c(OCC(=O)O)c1. The monoisotopic (exact) mass is 264 g/mol. The molecule has 2 rings (SSSR count). The van der Waals surface area contributed by atoms with Crippen LogP contribution in [0.25, 0.3) is 0 Å².